The standard InChI is InChI=1S/C20H24N2O4/c1-3-25-17-12-9-16(10-13-17)20(24)22-21-19(23)14-11-15-7-5-6-8-18(15)26-4-2/h5-10,12-13H,3-4,11,14H2,1-2H3,(H,21,23)(H,22,24). The second-order valence-corrected chi connectivity index (χ2v) is 5.50. The van der Waals surface area contributed by atoms with E-state index in [-0.39, 0.29) is 18.2 Å². The first-order valence-corrected chi connectivity index (χ1v) is 8.66. The molecule has 2 aromatic carbocycles. The predicted octanol–water partition coefficient (Wildman–Crippen LogP) is 2.88. The van der Waals surface area contributed by atoms with E-state index in [9.17, 15) is 9.59 Å². The summed E-state index contributed by atoms with van der Waals surface area (Å²) < 4.78 is 10.9. The third-order valence-corrected chi connectivity index (χ3v) is 3.64. The summed E-state index contributed by atoms with van der Waals surface area (Å²) in [7, 11) is 0. The first-order valence-electron chi connectivity index (χ1n) is 8.66. The summed E-state index contributed by atoms with van der Waals surface area (Å²) in [5.74, 6) is 0.828. The van der Waals surface area contributed by atoms with Gasteiger partial charge in [0, 0.05) is 12.0 Å². The van der Waals surface area contributed by atoms with E-state index in [4.69, 9.17) is 9.47 Å². The van der Waals surface area contributed by atoms with E-state index in [1.54, 1.807) is 24.3 Å². The van der Waals surface area contributed by atoms with Crippen molar-refractivity contribution in [3.63, 3.8) is 0 Å². The van der Waals surface area contributed by atoms with Crippen molar-refractivity contribution >= 4 is 11.8 Å². The van der Waals surface area contributed by atoms with Gasteiger partial charge in [-0.05, 0) is 56.2 Å². The lowest BCUT2D eigenvalue weighted by Gasteiger charge is -2.11. The van der Waals surface area contributed by atoms with Crippen LogP contribution >= 0.6 is 0 Å². The van der Waals surface area contributed by atoms with Crippen LogP contribution in [0.25, 0.3) is 0 Å². The molecule has 0 saturated heterocycles. The van der Waals surface area contributed by atoms with Crippen molar-refractivity contribution in [1.29, 1.82) is 0 Å². The van der Waals surface area contributed by atoms with Crippen LogP contribution in [-0.2, 0) is 11.2 Å². The summed E-state index contributed by atoms with van der Waals surface area (Å²) in [5.41, 5.74) is 6.25. The van der Waals surface area contributed by atoms with Gasteiger partial charge in [0.2, 0.25) is 5.91 Å². The van der Waals surface area contributed by atoms with E-state index in [1.807, 2.05) is 38.1 Å². The average Bonchev–Trinajstić information content (AvgIpc) is 2.66. The second kappa shape index (κ2) is 10.1. The summed E-state index contributed by atoms with van der Waals surface area (Å²) in [5, 5.41) is 0. The number of hydrazine groups is 1. The highest BCUT2D eigenvalue weighted by Crippen LogP contribution is 2.19. The average molecular weight is 356 g/mol. The number of amides is 2. The van der Waals surface area contributed by atoms with Crippen LogP contribution in [0.3, 0.4) is 0 Å². The zero-order valence-corrected chi connectivity index (χ0v) is 15.1. The summed E-state index contributed by atoms with van der Waals surface area (Å²) in [6.45, 7) is 4.94. The number of hydrogen-bond donors (Lipinski definition) is 2. The van der Waals surface area contributed by atoms with Gasteiger partial charge in [-0.25, -0.2) is 0 Å². The van der Waals surface area contributed by atoms with E-state index in [0.29, 0.717) is 30.9 Å². The van der Waals surface area contributed by atoms with Crippen molar-refractivity contribution in [2.24, 2.45) is 0 Å². The van der Waals surface area contributed by atoms with Crippen LogP contribution in [0.1, 0.15) is 36.2 Å². The van der Waals surface area contributed by atoms with E-state index >= 15 is 0 Å². The number of carbonyl (C=O) groups excluding carboxylic acids is 2. The van der Waals surface area contributed by atoms with Gasteiger partial charge in [-0.3, -0.25) is 20.4 Å². The molecule has 0 spiro atoms. The van der Waals surface area contributed by atoms with E-state index < -0.39 is 0 Å². The number of benzene rings is 2. The topological polar surface area (TPSA) is 76.7 Å². The number of aryl methyl sites for hydroxylation is 1. The molecule has 0 atom stereocenters. The molecule has 2 rings (SSSR count). The van der Waals surface area contributed by atoms with Crippen LogP contribution in [0.4, 0.5) is 0 Å². The number of ether oxygens (including phenoxy) is 2. The Hall–Kier alpha value is -3.02. The molecule has 0 aliphatic carbocycles. The Morgan fingerprint density at radius 3 is 2.27 bits per heavy atom. The van der Waals surface area contributed by atoms with Gasteiger partial charge in [0.25, 0.3) is 5.91 Å². The fraction of sp³-hybridized carbons (Fsp3) is 0.300. The van der Waals surface area contributed by atoms with Gasteiger partial charge in [0.05, 0.1) is 13.2 Å². The van der Waals surface area contributed by atoms with Crippen LogP contribution < -0.4 is 20.3 Å². The molecule has 138 valence electrons. The molecule has 0 radical (unpaired) electrons. The first kappa shape index (κ1) is 19.3. The number of hydrogen-bond acceptors (Lipinski definition) is 4. The number of para-hydroxylation sites is 1. The van der Waals surface area contributed by atoms with Gasteiger partial charge < -0.3 is 9.47 Å². The van der Waals surface area contributed by atoms with Crippen molar-refractivity contribution < 1.29 is 19.1 Å². The first-order chi connectivity index (χ1) is 12.6. The molecule has 0 aromatic heterocycles. The highest BCUT2D eigenvalue weighted by atomic mass is 16.5. The van der Waals surface area contributed by atoms with Crippen LogP contribution in [0.5, 0.6) is 11.5 Å². The molecule has 0 aliphatic rings. The molecule has 2 N–H and O–H groups in total. The van der Waals surface area contributed by atoms with E-state index in [1.165, 1.54) is 0 Å². The Balaban J connectivity index is 1.80. The van der Waals surface area contributed by atoms with E-state index in [0.717, 1.165) is 11.3 Å². The minimum atomic E-state index is -0.379. The second-order valence-electron chi connectivity index (χ2n) is 5.50. The lowest BCUT2D eigenvalue weighted by atomic mass is 10.1. The van der Waals surface area contributed by atoms with Gasteiger partial charge in [-0.15, -0.1) is 0 Å². The molecule has 2 amide bonds. The molecular formula is C20H24N2O4. The maximum Gasteiger partial charge on any atom is 0.269 e. The van der Waals surface area contributed by atoms with Crippen LogP contribution in [0.2, 0.25) is 0 Å². The Labute approximate surface area is 153 Å². The third kappa shape index (κ3) is 5.81. The minimum Gasteiger partial charge on any atom is -0.494 e. The van der Waals surface area contributed by atoms with Gasteiger partial charge >= 0.3 is 0 Å². The lowest BCUT2D eigenvalue weighted by Crippen LogP contribution is -2.41. The molecule has 6 heteroatoms. The predicted molar refractivity (Wildman–Crippen MR) is 99.2 cm³/mol. The molecule has 0 heterocycles. The third-order valence-electron chi connectivity index (χ3n) is 3.64. The molecule has 6 nitrogen and oxygen atoms in total. The number of nitrogens with one attached hydrogen (secondary N) is 2. The Morgan fingerprint density at radius 1 is 0.885 bits per heavy atom. The van der Waals surface area contributed by atoms with Gasteiger partial charge in [-0.1, -0.05) is 18.2 Å². The minimum absolute atomic E-state index is 0.244. The molecule has 26 heavy (non-hydrogen) atoms. The van der Waals surface area contributed by atoms with Crippen molar-refractivity contribution in [2.45, 2.75) is 26.7 Å². The largest absolute Gasteiger partial charge is 0.494 e. The molecule has 0 bridgehead atoms. The van der Waals surface area contributed by atoms with Crippen molar-refractivity contribution in [3.05, 3.63) is 59.7 Å². The zero-order valence-electron chi connectivity index (χ0n) is 15.1. The van der Waals surface area contributed by atoms with E-state index in [2.05, 4.69) is 10.9 Å². The highest BCUT2D eigenvalue weighted by molar-refractivity contribution is 5.95. The number of rotatable bonds is 8. The Morgan fingerprint density at radius 2 is 1.58 bits per heavy atom. The molecular weight excluding hydrogens is 332 g/mol. The molecule has 0 fully saturated rings. The Kier molecular flexibility index (Phi) is 7.49. The lowest BCUT2D eigenvalue weighted by molar-refractivity contribution is -0.121. The monoisotopic (exact) mass is 356 g/mol. The SMILES string of the molecule is CCOc1ccc(C(=O)NNC(=O)CCc2ccccc2OCC)cc1. The van der Waals surface area contributed by atoms with Crippen LogP contribution in [0.15, 0.2) is 48.5 Å². The fourth-order valence-electron chi connectivity index (χ4n) is 2.39. The Bertz CT molecular complexity index is 729. The van der Waals surface area contributed by atoms with Crippen molar-refractivity contribution in [2.75, 3.05) is 13.2 Å². The van der Waals surface area contributed by atoms with Gasteiger partial charge in [0.15, 0.2) is 0 Å². The van der Waals surface area contributed by atoms with Gasteiger partial charge in [-0.2, -0.15) is 0 Å². The van der Waals surface area contributed by atoms with Crippen molar-refractivity contribution in [3.8, 4) is 11.5 Å². The molecule has 0 saturated carbocycles. The zero-order chi connectivity index (χ0) is 18.8. The molecule has 0 aliphatic heterocycles. The van der Waals surface area contributed by atoms with Crippen LogP contribution in [-0.4, -0.2) is 25.0 Å². The summed E-state index contributed by atoms with van der Waals surface area (Å²) in [4.78, 5) is 24.0. The maximum absolute atomic E-state index is 12.0. The normalized spacial score (nSPS) is 10.1. The van der Waals surface area contributed by atoms with Gasteiger partial charge in [0.1, 0.15) is 11.5 Å². The summed E-state index contributed by atoms with van der Waals surface area (Å²) >= 11 is 0. The summed E-state index contributed by atoms with van der Waals surface area (Å²) in [6, 6.07) is 14.3. The smallest absolute Gasteiger partial charge is 0.269 e. The summed E-state index contributed by atoms with van der Waals surface area (Å²) in [6.07, 6.45) is 0.772. The fourth-order valence-corrected chi connectivity index (χ4v) is 2.39. The number of carbonyl (C=O) groups is 2. The highest BCUT2D eigenvalue weighted by Gasteiger charge is 2.09. The molecule has 0 unspecified atom stereocenters. The quantitative estimate of drug-likeness (QED) is 0.713. The molecule has 2 aromatic rings. The van der Waals surface area contributed by atoms with Crippen molar-refractivity contribution in [1.82, 2.24) is 10.9 Å². The van der Waals surface area contributed by atoms with Crippen LogP contribution in [0, 0.1) is 0 Å². The maximum atomic E-state index is 12.0.